The lowest BCUT2D eigenvalue weighted by atomic mass is 9.83. The van der Waals surface area contributed by atoms with Crippen molar-refractivity contribution in [1.82, 2.24) is 15.5 Å². The normalized spacial score (nSPS) is 24.4. The number of nitrogens with zero attached hydrogens (tertiary/aromatic N) is 1. The lowest BCUT2D eigenvalue weighted by Gasteiger charge is -2.38. The molecule has 3 amide bonds. The molecular weight excluding hydrogens is 622 g/mol. The maximum Gasteiger partial charge on any atom is 0.329 e. The Bertz CT molecular complexity index is 1280. The molecule has 49 heavy (non-hydrogen) atoms. The number of hydrogen-bond acceptors (Lipinski definition) is 7. The van der Waals surface area contributed by atoms with E-state index in [4.69, 9.17) is 4.74 Å². The van der Waals surface area contributed by atoms with E-state index in [1.807, 2.05) is 41.5 Å². The number of fused-ring (bicyclic) bond motifs is 1. The van der Waals surface area contributed by atoms with E-state index >= 15 is 0 Å². The highest BCUT2D eigenvalue weighted by molar-refractivity contribution is 6.38. The Morgan fingerprint density at radius 2 is 1.61 bits per heavy atom. The zero-order valence-electron chi connectivity index (χ0n) is 31.1. The van der Waals surface area contributed by atoms with Gasteiger partial charge in [0.2, 0.25) is 11.7 Å². The van der Waals surface area contributed by atoms with Gasteiger partial charge in [-0.05, 0) is 78.9 Å². The van der Waals surface area contributed by atoms with Gasteiger partial charge in [0.05, 0.1) is 6.04 Å². The summed E-state index contributed by atoms with van der Waals surface area (Å²) in [5.41, 5.74) is -0.871. The highest BCUT2D eigenvalue weighted by Crippen LogP contribution is 2.65. The van der Waals surface area contributed by atoms with Crippen molar-refractivity contribution in [2.24, 2.45) is 46.3 Å². The summed E-state index contributed by atoms with van der Waals surface area (Å²) < 4.78 is 5.96. The third-order valence-corrected chi connectivity index (χ3v) is 11.4. The monoisotopic (exact) mass is 683 g/mol. The van der Waals surface area contributed by atoms with Gasteiger partial charge in [0, 0.05) is 25.3 Å². The molecule has 4 aliphatic rings. The Morgan fingerprint density at radius 3 is 2.12 bits per heavy atom. The van der Waals surface area contributed by atoms with E-state index in [9.17, 15) is 28.8 Å². The predicted octanol–water partition coefficient (Wildman–Crippen LogP) is 5.81. The molecule has 0 radical (unpaired) electrons. The minimum atomic E-state index is -0.990. The predicted molar refractivity (Wildman–Crippen MR) is 187 cm³/mol. The van der Waals surface area contributed by atoms with Crippen LogP contribution in [0.2, 0.25) is 0 Å². The van der Waals surface area contributed by atoms with Crippen LogP contribution in [-0.2, 0) is 28.7 Å². The topological polar surface area (TPSA) is 139 Å². The minimum Gasteiger partial charge on any atom is -0.460 e. The quantitative estimate of drug-likeness (QED) is 0.0996. The summed E-state index contributed by atoms with van der Waals surface area (Å²) in [6.07, 6.45) is 8.10. The van der Waals surface area contributed by atoms with Crippen LogP contribution < -0.4 is 10.6 Å². The van der Waals surface area contributed by atoms with Crippen LogP contribution in [0.1, 0.15) is 120 Å². The Balaban J connectivity index is 1.49. The maximum absolute atomic E-state index is 14.4. The third-order valence-electron chi connectivity index (χ3n) is 11.4. The van der Waals surface area contributed by atoms with Gasteiger partial charge < -0.3 is 20.3 Å². The average molecular weight is 684 g/mol. The first kappa shape index (κ1) is 38.8. The Kier molecular flexibility index (Phi) is 12.2. The fourth-order valence-electron chi connectivity index (χ4n) is 7.87. The number of carbonyl (C=O) groups excluding carboxylic acids is 6. The SMILES string of the molecule is C=CCCC(=O)C(=O)C(CCCC)CC(=O)[C@@H]1[C@@H]2[C@H](CN1C(=O)[C@@H](NC(=O)N[C@H](C(=O)OC(C1CC1)C1CC1)C(C)C)C(C)(C)C)C2(C)C. The van der Waals surface area contributed by atoms with E-state index in [-0.39, 0.29) is 53.8 Å². The summed E-state index contributed by atoms with van der Waals surface area (Å²) in [5, 5.41) is 5.66. The number of unbranched alkanes of at least 4 members (excludes halogenated alkanes) is 1. The number of urea groups is 1. The van der Waals surface area contributed by atoms with Crippen LogP contribution >= 0.6 is 0 Å². The third kappa shape index (κ3) is 9.20. The molecule has 3 aliphatic carbocycles. The van der Waals surface area contributed by atoms with E-state index in [1.54, 1.807) is 11.0 Å². The van der Waals surface area contributed by atoms with Gasteiger partial charge in [0.1, 0.15) is 18.2 Å². The van der Waals surface area contributed by atoms with Crippen molar-refractivity contribution < 1.29 is 33.5 Å². The van der Waals surface area contributed by atoms with Crippen LogP contribution in [0.15, 0.2) is 12.7 Å². The number of carbonyl (C=O) groups is 6. The highest BCUT2D eigenvalue weighted by atomic mass is 16.5. The van der Waals surface area contributed by atoms with Crippen molar-refractivity contribution in [2.75, 3.05) is 6.54 Å². The van der Waals surface area contributed by atoms with Gasteiger partial charge in [-0.25, -0.2) is 9.59 Å². The van der Waals surface area contributed by atoms with Gasteiger partial charge in [-0.1, -0.05) is 74.3 Å². The largest absolute Gasteiger partial charge is 0.460 e. The van der Waals surface area contributed by atoms with E-state index in [2.05, 4.69) is 31.1 Å². The first-order valence-corrected chi connectivity index (χ1v) is 18.7. The smallest absolute Gasteiger partial charge is 0.329 e. The molecule has 0 aromatic carbocycles. The van der Waals surface area contributed by atoms with Crippen molar-refractivity contribution in [3.8, 4) is 0 Å². The number of rotatable bonds is 19. The van der Waals surface area contributed by atoms with Crippen LogP contribution in [0.5, 0.6) is 0 Å². The summed E-state index contributed by atoms with van der Waals surface area (Å²) >= 11 is 0. The lowest BCUT2D eigenvalue weighted by Crippen LogP contribution is -2.61. The van der Waals surface area contributed by atoms with Gasteiger partial charge in [-0.2, -0.15) is 0 Å². The molecule has 1 saturated heterocycles. The van der Waals surface area contributed by atoms with Crippen molar-refractivity contribution in [1.29, 1.82) is 0 Å². The molecular formula is C39H61N3O7. The summed E-state index contributed by atoms with van der Waals surface area (Å²) in [5.74, 6) is -2.12. The fourth-order valence-corrected chi connectivity index (χ4v) is 7.87. The Morgan fingerprint density at radius 1 is 1.00 bits per heavy atom. The number of esters is 1. The van der Waals surface area contributed by atoms with Gasteiger partial charge in [-0.15, -0.1) is 6.58 Å². The van der Waals surface area contributed by atoms with Crippen LogP contribution in [0.3, 0.4) is 0 Å². The molecule has 10 heteroatoms. The molecule has 1 aliphatic heterocycles. The standard InChI is InChI=1S/C39H61N3O7/c1-10-12-14-25(32(45)27(43)15-13-11-2)20-28(44)31-29-26(39(29,8)9)21-42(31)35(46)34(38(5,6)7)41-37(48)40-30(22(3)4)36(47)49-33(23-16-17-23)24-18-19-24/h11,22-26,29-31,33-34H,2,10,12-21H2,1,3-9H3,(H2,40,41,48)/t25?,26-,29-,30-,31+,34+/m0/s1. The fraction of sp³-hybridized carbons (Fsp3) is 0.795. The maximum atomic E-state index is 14.4. The molecule has 4 fully saturated rings. The Labute approximate surface area is 293 Å². The molecule has 0 spiro atoms. The molecule has 0 aromatic rings. The minimum absolute atomic E-state index is 0.0669. The van der Waals surface area contributed by atoms with E-state index in [0.29, 0.717) is 37.6 Å². The summed E-state index contributed by atoms with van der Waals surface area (Å²) in [7, 11) is 0. The second kappa shape index (κ2) is 15.5. The molecule has 2 N–H and O–H groups in total. The van der Waals surface area contributed by atoms with Crippen molar-refractivity contribution in [3.63, 3.8) is 0 Å². The summed E-state index contributed by atoms with van der Waals surface area (Å²) in [6, 6.07) is -3.26. The van der Waals surface area contributed by atoms with Gasteiger partial charge in [0.15, 0.2) is 11.6 Å². The number of amides is 3. The molecule has 274 valence electrons. The number of hydrogen-bond donors (Lipinski definition) is 2. The van der Waals surface area contributed by atoms with Crippen LogP contribution in [-0.4, -0.2) is 70.9 Å². The first-order chi connectivity index (χ1) is 22.9. The second-order valence-corrected chi connectivity index (χ2v) is 17.2. The van der Waals surface area contributed by atoms with Gasteiger partial charge >= 0.3 is 12.0 Å². The first-order valence-electron chi connectivity index (χ1n) is 18.7. The number of allylic oxidation sites excluding steroid dienone is 1. The van der Waals surface area contributed by atoms with Crippen molar-refractivity contribution in [2.45, 2.75) is 144 Å². The molecule has 1 heterocycles. The lowest BCUT2D eigenvalue weighted by molar-refractivity contribution is -0.155. The number of Topliss-reactive ketones (excluding diaryl/α,β-unsaturated/α-hetero) is 3. The summed E-state index contributed by atoms with van der Waals surface area (Å²) in [4.78, 5) is 82.9. The molecule has 0 aromatic heterocycles. The number of piperidine rings is 1. The highest BCUT2D eigenvalue weighted by Gasteiger charge is 2.69. The molecule has 10 nitrogen and oxygen atoms in total. The molecule has 3 saturated carbocycles. The van der Waals surface area contributed by atoms with Crippen molar-refractivity contribution in [3.05, 3.63) is 12.7 Å². The Hall–Kier alpha value is -3.04. The summed E-state index contributed by atoms with van der Waals surface area (Å²) in [6.45, 7) is 19.5. The van der Waals surface area contributed by atoms with Crippen molar-refractivity contribution >= 4 is 35.3 Å². The number of nitrogens with one attached hydrogen (secondary N) is 2. The van der Waals surface area contributed by atoms with Crippen LogP contribution in [0, 0.1) is 46.3 Å². The van der Waals surface area contributed by atoms with Crippen LogP contribution in [0.4, 0.5) is 4.79 Å². The zero-order valence-corrected chi connectivity index (χ0v) is 31.1. The average Bonchev–Trinajstić information content (AvgIpc) is 3.97. The van der Waals surface area contributed by atoms with Gasteiger partial charge in [0.25, 0.3) is 0 Å². The van der Waals surface area contributed by atoms with E-state index in [1.165, 1.54) is 0 Å². The molecule has 1 unspecified atom stereocenters. The number of likely N-dealkylation sites (tertiary alicyclic amines) is 1. The van der Waals surface area contributed by atoms with E-state index < -0.39 is 53.0 Å². The molecule has 4 rings (SSSR count). The second-order valence-electron chi connectivity index (χ2n) is 17.2. The number of ketones is 3. The van der Waals surface area contributed by atoms with Gasteiger partial charge in [-0.3, -0.25) is 19.2 Å². The number of ether oxygens (including phenoxy) is 1. The molecule has 0 bridgehead atoms. The zero-order chi connectivity index (χ0) is 36.4. The van der Waals surface area contributed by atoms with E-state index in [0.717, 1.165) is 32.1 Å². The molecule has 6 atom stereocenters. The van der Waals surface area contributed by atoms with Crippen LogP contribution in [0.25, 0.3) is 0 Å².